The van der Waals surface area contributed by atoms with Gasteiger partial charge >= 0.3 is 0 Å². The van der Waals surface area contributed by atoms with Crippen LogP contribution in [-0.2, 0) is 4.79 Å². The minimum Gasteiger partial charge on any atom is -0.325 e. The summed E-state index contributed by atoms with van der Waals surface area (Å²) in [5.74, 6) is -0.0323. The van der Waals surface area contributed by atoms with Crippen molar-refractivity contribution in [1.29, 1.82) is 0 Å². The van der Waals surface area contributed by atoms with Crippen LogP contribution in [0.5, 0.6) is 0 Å². The zero-order valence-corrected chi connectivity index (χ0v) is 15.2. The number of carbonyl (C=O) groups excluding carboxylic acids is 1. The SMILES string of the molecule is Cc1ccc(C)c(NC(=O)C(Sc2nccs2)c2ccccc2)c1. The molecule has 1 amide bonds. The normalized spacial score (nSPS) is 11.9. The molecule has 0 aliphatic rings. The smallest absolute Gasteiger partial charge is 0.242 e. The summed E-state index contributed by atoms with van der Waals surface area (Å²) in [5, 5.41) is 4.67. The fourth-order valence-corrected chi connectivity index (χ4v) is 4.16. The maximum atomic E-state index is 12.9. The van der Waals surface area contributed by atoms with Gasteiger partial charge in [-0.15, -0.1) is 11.3 Å². The van der Waals surface area contributed by atoms with Crippen molar-refractivity contribution in [1.82, 2.24) is 4.98 Å². The quantitative estimate of drug-likeness (QED) is 0.638. The second-order valence-electron chi connectivity index (χ2n) is 5.51. The maximum Gasteiger partial charge on any atom is 0.242 e. The topological polar surface area (TPSA) is 42.0 Å². The van der Waals surface area contributed by atoms with E-state index in [1.54, 1.807) is 17.5 Å². The van der Waals surface area contributed by atoms with Gasteiger partial charge in [-0.25, -0.2) is 4.98 Å². The van der Waals surface area contributed by atoms with E-state index in [9.17, 15) is 4.79 Å². The average molecular weight is 355 g/mol. The number of nitrogens with one attached hydrogen (secondary N) is 1. The molecule has 0 aliphatic heterocycles. The molecule has 0 aliphatic carbocycles. The van der Waals surface area contributed by atoms with Gasteiger partial charge < -0.3 is 5.32 Å². The van der Waals surface area contributed by atoms with Crippen LogP contribution in [0.4, 0.5) is 5.69 Å². The summed E-state index contributed by atoms with van der Waals surface area (Å²) in [6, 6.07) is 15.9. The molecule has 0 radical (unpaired) electrons. The van der Waals surface area contributed by atoms with Crippen LogP contribution in [-0.4, -0.2) is 10.9 Å². The van der Waals surface area contributed by atoms with Gasteiger partial charge in [0.15, 0.2) is 4.34 Å². The molecule has 3 nitrogen and oxygen atoms in total. The monoisotopic (exact) mass is 354 g/mol. The van der Waals surface area contributed by atoms with Crippen LogP contribution in [0.2, 0.25) is 0 Å². The first-order valence-corrected chi connectivity index (χ1v) is 9.38. The van der Waals surface area contributed by atoms with E-state index in [2.05, 4.69) is 10.3 Å². The van der Waals surface area contributed by atoms with Gasteiger partial charge in [0.25, 0.3) is 0 Å². The number of anilines is 1. The van der Waals surface area contributed by atoms with Crippen LogP contribution < -0.4 is 5.32 Å². The minimum atomic E-state index is -0.336. The van der Waals surface area contributed by atoms with Gasteiger partial charge in [0.05, 0.1) is 0 Å². The summed E-state index contributed by atoms with van der Waals surface area (Å²) in [6.45, 7) is 4.02. The molecule has 1 atom stereocenters. The van der Waals surface area contributed by atoms with Crippen LogP contribution >= 0.6 is 23.1 Å². The molecule has 2 aromatic carbocycles. The Morgan fingerprint density at radius 1 is 1.17 bits per heavy atom. The first-order chi connectivity index (χ1) is 11.6. The number of hydrogen-bond acceptors (Lipinski definition) is 4. The molecule has 1 aromatic heterocycles. The molecule has 0 spiro atoms. The van der Waals surface area contributed by atoms with Crippen molar-refractivity contribution >= 4 is 34.7 Å². The molecular weight excluding hydrogens is 336 g/mol. The summed E-state index contributed by atoms with van der Waals surface area (Å²) in [6.07, 6.45) is 1.76. The number of carbonyl (C=O) groups is 1. The van der Waals surface area contributed by atoms with Gasteiger partial charge in [-0.1, -0.05) is 54.2 Å². The lowest BCUT2D eigenvalue weighted by Crippen LogP contribution is -2.19. The summed E-state index contributed by atoms with van der Waals surface area (Å²) in [5.41, 5.74) is 4.01. The predicted octanol–water partition coefficient (Wildman–Crippen LogP) is 5.23. The number of nitrogens with zero attached hydrogens (tertiary/aromatic N) is 1. The van der Waals surface area contributed by atoms with Gasteiger partial charge in [0.2, 0.25) is 5.91 Å². The number of amides is 1. The van der Waals surface area contributed by atoms with Crippen LogP contribution in [0.15, 0.2) is 64.4 Å². The average Bonchev–Trinajstić information content (AvgIpc) is 3.10. The lowest BCUT2D eigenvalue weighted by atomic mass is 10.1. The molecule has 3 rings (SSSR count). The fourth-order valence-electron chi connectivity index (χ4n) is 2.34. The molecule has 1 heterocycles. The van der Waals surface area contributed by atoms with Crippen molar-refractivity contribution in [3.05, 3.63) is 76.8 Å². The van der Waals surface area contributed by atoms with E-state index in [4.69, 9.17) is 0 Å². The number of benzene rings is 2. The molecule has 24 heavy (non-hydrogen) atoms. The molecular formula is C19H18N2OS2. The zero-order chi connectivity index (χ0) is 16.9. The zero-order valence-electron chi connectivity index (χ0n) is 13.5. The molecule has 0 fully saturated rings. The van der Waals surface area contributed by atoms with E-state index >= 15 is 0 Å². The number of hydrogen-bond donors (Lipinski definition) is 1. The van der Waals surface area contributed by atoms with Gasteiger partial charge in [-0.2, -0.15) is 0 Å². The van der Waals surface area contributed by atoms with E-state index in [1.165, 1.54) is 11.8 Å². The highest BCUT2D eigenvalue weighted by atomic mass is 32.2. The van der Waals surface area contributed by atoms with E-state index in [0.29, 0.717) is 0 Å². The van der Waals surface area contributed by atoms with Crippen LogP contribution in [0.25, 0.3) is 0 Å². The third-order valence-corrected chi connectivity index (χ3v) is 5.79. The molecule has 0 bridgehead atoms. The Kier molecular flexibility index (Phi) is 5.33. The Morgan fingerprint density at radius 2 is 1.96 bits per heavy atom. The standard InChI is InChI=1S/C19H18N2OS2/c1-13-8-9-14(2)16(12-13)21-18(22)17(15-6-4-3-5-7-15)24-19-20-10-11-23-19/h3-12,17H,1-2H3,(H,21,22). The van der Waals surface area contributed by atoms with Crippen molar-refractivity contribution < 1.29 is 4.79 Å². The first-order valence-electron chi connectivity index (χ1n) is 7.62. The Labute approximate surface area is 150 Å². The Morgan fingerprint density at radius 3 is 2.67 bits per heavy atom. The predicted molar refractivity (Wildman–Crippen MR) is 102 cm³/mol. The minimum absolute atomic E-state index is 0.0323. The van der Waals surface area contributed by atoms with Gasteiger partial charge in [-0.3, -0.25) is 4.79 Å². The Hall–Kier alpha value is -2.11. The summed E-state index contributed by atoms with van der Waals surface area (Å²) >= 11 is 3.03. The lowest BCUT2D eigenvalue weighted by Gasteiger charge is -2.17. The van der Waals surface area contributed by atoms with Crippen LogP contribution in [0, 0.1) is 13.8 Å². The number of thioether (sulfide) groups is 1. The fraction of sp³-hybridized carbons (Fsp3) is 0.158. The summed E-state index contributed by atoms with van der Waals surface area (Å²) in [4.78, 5) is 17.3. The summed E-state index contributed by atoms with van der Waals surface area (Å²) < 4.78 is 0.889. The first kappa shape index (κ1) is 16.7. The van der Waals surface area contributed by atoms with Crippen molar-refractivity contribution in [2.45, 2.75) is 23.4 Å². The highest BCUT2D eigenvalue weighted by molar-refractivity contribution is 8.01. The van der Waals surface area contributed by atoms with Crippen molar-refractivity contribution in [3.63, 3.8) is 0 Å². The van der Waals surface area contributed by atoms with Crippen molar-refractivity contribution in [2.75, 3.05) is 5.32 Å². The molecule has 1 N–H and O–H groups in total. The van der Waals surface area contributed by atoms with Crippen LogP contribution in [0.3, 0.4) is 0 Å². The largest absolute Gasteiger partial charge is 0.325 e. The van der Waals surface area contributed by atoms with E-state index < -0.39 is 0 Å². The van der Waals surface area contributed by atoms with Gasteiger partial charge in [-0.05, 0) is 36.6 Å². The van der Waals surface area contributed by atoms with Gasteiger partial charge in [0.1, 0.15) is 5.25 Å². The third-order valence-electron chi connectivity index (χ3n) is 3.62. The van der Waals surface area contributed by atoms with E-state index in [0.717, 1.165) is 26.7 Å². The van der Waals surface area contributed by atoms with Crippen molar-refractivity contribution in [3.8, 4) is 0 Å². The second-order valence-corrected chi connectivity index (χ2v) is 7.76. The molecule has 0 saturated heterocycles. The van der Waals surface area contributed by atoms with Gasteiger partial charge in [0, 0.05) is 17.3 Å². The molecule has 5 heteroatoms. The third kappa shape index (κ3) is 4.04. The Balaban J connectivity index is 1.87. The number of aryl methyl sites for hydroxylation is 2. The molecule has 122 valence electrons. The summed E-state index contributed by atoms with van der Waals surface area (Å²) in [7, 11) is 0. The molecule has 0 saturated carbocycles. The Bertz CT molecular complexity index is 817. The molecule has 3 aromatic rings. The maximum absolute atomic E-state index is 12.9. The number of rotatable bonds is 5. The lowest BCUT2D eigenvalue weighted by molar-refractivity contribution is -0.115. The van der Waals surface area contributed by atoms with Crippen molar-refractivity contribution in [2.24, 2.45) is 0 Å². The molecule has 1 unspecified atom stereocenters. The number of aromatic nitrogens is 1. The highest BCUT2D eigenvalue weighted by Gasteiger charge is 2.23. The van der Waals surface area contributed by atoms with E-state index in [1.807, 2.05) is 67.8 Å². The highest BCUT2D eigenvalue weighted by Crippen LogP contribution is 2.37. The second kappa shape index (κ2) is 7.64. The van der Waals surface area contributed by atoms with E-state index in [-0.39, 0.29) is 11.2 Å². The van der Waals surface area contributed by atoms with Crippen LogP contribution in [0.1, 0.15) is 21.9 Å². The number of thiazole rings is 1.